The average molecular weight is 500 g/mol. The molecule has 1 atom stereocenters. The minimum absolute atomic E-state index is 0.0315. The van der Waals surface area contributed by atoms with Gasteiger partial charge in [0.1, 0.15) is 6.04 Å². The molecule has 0 bridgehead atoms. The van der Waals surface area contributed by atoms with E-state index in [4.69, 9.17) is 9.47 Å². The third-order valence-corrected chi connectivity index (χ3v) is 7.90. The molecule has 5 rings (SSSR count). The Morgan fingerprint density at radius 2 is 1.86 bits per heavy atom. The van der Waals surface area contributed by atoms with E-state index in [-0.39, 0.29) is 48.8 Å². The van der Waals surface area contributed by atoms with E-state index >= 15 is 0 Å². The summed E-state index contributed by atoms with van der Waals surface area (Å²) in [6, 6.07) is 4.85. The molecule has 3 fully saturated rings. The summed E-state index contributed by atoms with van der Waals surface area (Å²) in [4.78, 5) is 54.2. The maximum Gasteiger partial charge on any atom is 0.293 e. The Morgan fingerprint density at radius 3 is 2.69 bits per heavy atom. The van der Waals surface area contributed by atoms with Crippen molar-refractivity contribution >= 4 is 40.8 Å². The highest BCUT2D eigenvalue weighted by Crippen LogP contribution is 2.36. The fourth-order valence-corrected chi connectivity index (χ4v) is 6.01. The van der Waals surface area contributed by atoms with Gasteiger partial charge in [-0.25, -0.2) is 0 Å². The summed E-state index contributed by atoms with van der Waals surface area (Å²) in [7, 11) is 0. The second kappa shape index (κ2) is 10.3. The van der Waals surface area contributed by atoms with E-state index in [0.29, 0.717) is 29.4 Å². The second-order valence-electron chi connectivity index (χ2n) is 9.26. The van der Waals surface area contributed by atoms with E-state index in [1.165, 1.54) is 6.42 Å². The third kappa shape index (κ3) is 5.03. The lowest BCUT2D eigenvalue weighted by Crippen LogP contribution is -2.49. The topological polar surface area (TPSA) is 105 Å². The molecule has 0 radical (unpaired) electrons. The first-order chi connectivity index (χ1) is 17.0. The van der Waals surface area contributed by atoms with Crippen LogP contribution in [0.2, 0.25) is 0 Å². The van der Waals surface area contributed by atoms with E-state index in [9.17, 15) is 19.2 Å². The van der Waals surface area contributed by atoms with Gasteiger partial charge in [-0.2, -0.15) is 0 Å². The van der Waals surface area contributed by atoms with Crippen molar-refractivity contribution in [3.8, 4) is 11.5 Å². The molecule has 1 aromatic rings. The Balaban J connectivity index is 1.14. The van der Waals surface area contributed by atoms with E-state index in [0.717, 1.165) is 54.3 Å². The van der Waals surface area contributed by atoms with Crippen molar-refractivity contribution in [2.75, 3.05) is 26.4 Å². The van der Waals surface area contributed by atoms with E-state index < -0.39 is 6.04 Å². The van der Waals surface area contributed by atoms with Crippen LogP contribution in [0, 0.1) is 5.92 Å². The smallest absolute Gasteiger partial charge is 0.293 e. The molecule has 186 valence electrons. The molecule has 35 heavy (non-hydrogen) atoms. The number of rotatable bonds is 6. The molecule has 0 aromatic heterocycles. The minimum Gasteiger partial charge on any atom is -0.454 e. The van der Waals surface area contributed by atoms with Crippen LogP contribution in [0.25, 0.3) is 6.08 Å². The van der Waals surface area contributed by atoms with Gasteiger partial charge in [-0.05, 0) is 61.2 Å². The van der Waals surface area contributed by atoms with Crippen LogP contribution < -0.4 is 14.8 Å². The van der Waals surface area contributed by atoms with Crippen molar-refractivity contribution in [1.82, 2.24) is 15.1 Å². The number of nitrogens with zero attached hydrogens (tertiary/aromatic N) is 2. The highest BCUT2D eigenvalue weighted by molar-refractivity contribution is 8.18. The van der Waals surface area contributed by atoms with Gasteiger partial charge in [-0.3, -0.25) is 24.1 Å². The number of benzene rings is 1. The predicted molar refractivity (Wildman–Crippen MR) is 130 cm³/mol. The lowest BCUT2D eigenvalue weighted by atomic mass is 9.88. The summed E-state index contributed by atoms with van der Waals surface area (Å²) in [5.41, 5.74) is 0.733. The molecule has 0 spiro atoms. The fraction of sp³-hybridized carbons (Fsp3) is 0.520. The number of amides is 4. The van der Waals surface area contributed by atoms with Crippen molar-refractivity contribution in [2.45, 2.75) is 51.0 Å². The molecule has 1 unspecified atom stereocenters. The SMILES string of the molecule is O=C(NCCN1C(=O)SC(=Cc2ccc3c(c2)OCO3)C1=O)C1CCCN1C(=O)C1CCCCC1. The lowest BCUT2D eigenvalue weighted by Gasteiger charge is -2.30. The molecule has 2 saturated heterocycles. The molecule has 1 saturated carbocycles. The normalized spacial score (nSPS) is 23.4. The zero-order chi connectivity index (χ0) is 24.4. The predicted octanol–water partition coefficient (Wildman–Crippen LogP) is 3.14. The van der Waals surface area contributed by atoms with Crippen molar-refractivity contribution in [3.63, 3.8) is 0 Å². The number of nitrogens with one attached hydrogen (secondary N) is 1. The van der Waals surface area contributed by atoms with Crippen LogP contribution in [0.4, 0.5) is 4.79 Å². The molecule has 1 aromatic carbocycles. The standard InChI is InChI=1S/C25H29N3O6S/c29-22(18-7-4-11-27(18)23(30)17-5-2-1-3-6-17)26-10-12-28-24(31)21(35-25(28)32)14-16-8-9-19-20(13-16)34-15-33-19/h8-9,13-14,17-18H,1-7,10-12,15H2,(H,26,29). The second-order valence-corrected chi connectivity index (χ2v) is 10.3. The van der Waals surface area contributed by atoms with Crippen LogP contribution in [0.5, 0.6) is 11.5 Å². The Bertz CT molecular complexity index is 1070. The Labute approximate surface area is 208 Å². The van der Waals surface area contributed by atoms with E-state index in [2.05, 4.69) is 5.32 Å². The molecule has 4 aliphatic rings. The summed E-state index contributed by atoms with van der Waals surface area (Å²) in [5, 5.41) is 2.47. The Morgan fingerprint density at radius 1 is 1.06 bits per heavy atom. The Kier molecular flexibility index (Phi) is 6.99. The van der Waals surface area contributed by atoms with Crippen molar-refractivity contribution < 1.29 is 28.7 Å². The monoisotopic (exact) mass is 499 g/mol. The van der Waals surface area contributed by atoms with Crippen LogP contribution in [0.15, 0.2) is 23.1 Å². The van der Waals surface area contributed by atoms with Gasteiger partial charge in [0.2, 0.25) is 18.6 Å². The van der Waals surface area contributed by atoms with Gasteiger partial charge in [0.05, 0.1) is 4.91 Å². The molecule has 3 heterocycles. The van der Waals surface area contributed by atoms with Gasteiger partial charge in [-0.1, -0.05) is 25.3 Å². The van der Waals surface area contributed by atoms with Crippen LogP contribution in [0.1, 0.15) is 50.5 Å². The number of thioether (sulfide) groups is 1. The highest BCUT2D eigenvalue weighted by atomic mass is 32.2. The molecule has 10 heteroatoms. The number of imide groups is 1. The fourth-order valence-electron chi connectivity index (χ4n) is 5.14. The van der Waals surface area contributed by atoms with E-state index in [1.54, 1.807) is 29.2 Å². The maximum atomic E-state index is 13.0. The van der Waals surface area contributed by atoms with Gasteiger partial charge in [0.15, 0.2) is 11.5 Å². The number of likely N-dealkylation sites (tertiary alicyclic amines) is 1. The van der Waals surface area contributed by atoms with Gasteiger partial charge >= 0.3 is 0 Å². The number of hydrogen-bond acceptors (Lipinski definition) is 7. The van der Waals surface area contributed by atoms with Crippen molar-refractivity contribution in [1.29, 1.82) is 0 Å². The number of fused-ring (bicyclic) bond motifs is 1. The molecule has 4 amide bonds. The Hall–Kier alpha value is -3.01. The molecular weight excluding hydrogens is 470 g/mol. The maximum absolute atomic E-state index is 13.0. The van der Waals surface area contributed by atoms with Crippen LogP contribution in [-0.4, -0.2) is 65.2 Å². The highest BCUT2D eigenvalue weighted by Gasteiger charge is 2.38. The number of hydrogen-bond donors (Lipinski definition) is 1. The first-order valence-electron chi connectivity index (χ1n) is 12.2. The van der Waals surface area contributed by atoms with E-state index in [1.807, 2.05) is 0 Å². The summed E-state index contributed by atoms with van der Waals surface area (Å²) in [5.74, 6) is 0.776. The van der Waals surface area contributed by atoms with Crippen molar-refractivity contribution in [3.05, 3.63) is 28.7 Å². The average Bonchev–Trinajstić information content (AvgIpc) is 3.60. The van der Waals surface area contributed by atoms with Gasteiger partial charge in [0, 0.05) is 25.6 Å². The summed E-state index contributed by atoms with van der Waals surface area (Å²) in [6.45, 7) is 1.00. The number of carbonyl (C=O) groups excluding carboxylic acids is 4. The molecule has 3 aliphatic heterocycles. The number of carbonyl (C=O) groups is 4. The quantitative estimate of drug-likeness (QED) is 0.600. The van der Waals surface area contributed by atoms with Crippen LogP contribution in [-0.2, 0) is 14.4 Å². The molecular formula is C25H29N3O6S. The van der Waals surface area contributed by atoms with Crippen molar-refractivity contribution in [2.24, 2.45) is 5.92 Å². The van der Waals surface area contributed by atoms with Crippen LogP contribution >= 0.6 is 11.8 Å². The summed E-state index contributed by atoms with van der Waals surface area (Å²) in [6.07, 6.45) is 8.23. The minimum atomic E-state index is -0.467. The molecule has 1 N–H and O–H groups in total. The number of ether oxygens (including phenoxy) is 2. The van der Waals surface area contributed by atoms with Gasteiger partial charge in [0.25, 0.3) is 11.1 Å². The largest absolute Gasteiger partial charge is 0.454 e. The van der Waals surface area contributed by atoms with Gasteiger partial charge in [-0.15, -0.1) is 0 Å². The lowest BCUT2D eigenvalue weighted by molar-refractivity contribution is -0.142. The zero-order valence-electron chi connectivity index (χ0n) is 19.5. The first-order valence-corrected chi connectivity index (χ1v) is 13.1. The summed E-state index contributed by atoms with van der Waals surface area (Å²) < 4.78 is 10.7. The summed E-state index contributed by atoms with van der Waals surface area (Å²) >= 11 is 0.875. The molecule has 9 nitrogen and oxygen atoms in total. The molecule has 1 aliphatic carbocycles. The van der Waals surface area contributed by atoms with Crippen LogP contribution in [0.3, 0.4) is 0 Å². The van der Waals surface area contributed by atoms with Gasteiger partial charge < -0.3 is 19.7 Å². The first kappa shape index (κ1) is 23.7. The zero-order valence-corrected chi connectivity index (χ0v) is 20.3. The third-order valence-electron chi connectivity index (χ3n) is 7.00.